The molecule has 1 aromatic carbocycles. The number of hydrogen-bond donors (Lipinski definition) is 0. The maximum absolute atomic E-state index is 12.9. The third-order valence-electron chi connectivity index (χ3n) is 4.88. The summed E-state index contributed by atoms with van der Waals surface area (Å²) in [5, 5.41) is 0.773. The highest BCUT2D eigenvalue weighted by atomic mass is 35.5. The van der Waals surface area contributed by atoms with Crippen LogP contribution in [0.5, 0.6) is 0 Å². The number of pyridine rings is 1. The molecule has 0 N–H and O–H groups in total. The van der Waals surface area contributed by atoms with Crippen LogP contribution in [-0.2, 0) is 6.42 Å². The zero-order chi connectivity index (χ0) is 16.9. The Kier molecular flexibility index (Phi) is 7.42. The lowest BCUT2D eigenvalue weighted by Crippen LogP contribution is -2.41. The van der Waals surface area contributed by atoms with Crippen molar-refractivity contribution in [3.05, 3.63) is 64.9 Å². The molecule has 3 rings (SSSR count). The van der Waals surface area contributed by atoms with Gasteiger partial charge in [-0.1, -0.05) is 29.8 Å². The number of rotatable bonds is 5. The molecule has 0 amide bonds. The van der Waals surface area contributed by atoms with Crippen LogP contribution in [0.4, 0.5) is 0 Å². The summed E-state index contributed by atoms with van der Waals surface area (Å²) in [7, 11) is 2.13. The lowest BCUT2D eigenvalue weighted by atomic mass is 9.78. The fourth-order valence-electron chi connectivity index (χ4n) is 3.59. The maximum Gasteiger partial charge on any atom is 0.184 e. The van der Waals surface area contributed by atoms with Crippen molar-refractivity contribution >= 4 is 29.8 Å². The molecule has 2 aromatic rings. The van der Waals surface area contributed by atoms with E-state index in [1.165, 1.54) is 5.56 Å². The second kappa shape index (κ2) is 9.33. The van der Waals surface area contributed by atoms with Gasteiger partial charge in [0.25, 0.3) is 0 Å². The monoisotopic (exact) mass is 378 g/mol. The third kappa shape index (κ3) is 5.27. The van der Waals surface area contributed by atoms with E-state index < -0.39 is 0 Å². The van der Waals surface area contributed by atoms with Crippen LogP contribution >= 0.6 is 24.0 Å². The lowest BCUT2D eigenvalue weighted by Gasteiger charge is -2.36. The molecule has 2 unspecified atom stereocenters. The highest BCUT2D eigenvalue weighted by Gasteiger charge is 2.33. The lowest BCUT2D eigenvalue weighted by molar-refractivity contribution is 0.0728. The summed E-state index contributed by atoms with van der Waals surface area (Å²) in [4.78, 5) is 19.5. The van der Waals surface area contributed by atoms with E-state index in [-0.39, 0.29) is 24.1 Å². The summed E-state index contributed by atoms with van der Waals surface area (Å²) in [6.45, 7) is 1.93. The first-order chi connectivity index (χ1) is 11.6. The molecule has 3 nitrogen and oxygen atoms in total. The number of carbonyl (C=O) groups is 1. The quantitative estimate of drug-likeness (QED) is 0.715. The van der Waals surface area contributed by atoms with Gasteiger partial charge in [-0.25, -0.2) is 0 Å². The number of likely N-dealkylation sites (tertiary alicyclic amines) is 1. The zero-order valence-corrected chi connectivity index (χ0v) is 16.0. The van der Waals surface area contributed by atoms with Crippen molar-refractivity contribution in [3.63, 3.8) is 0 Å². The van der Waals surface area contributed by atoms with Crippen molar-refractivity contribution in [2.75, 3.05) is 20.1 Å². The maximum atomic E-state index is 12.9. The molecule has 1 saturated heterocycles. The summed E-state index contributed by atoms with van der Waals surface area (Å²) in [5.74, 6) is 0.618. The summed E-state index contributed by atoms with van der Waals surface area (Å²) >= 11 is 6.08. The SMILES string of the molecule is CN1CCC(C(=O)c2ccccn2)C(CCc2cccc(Cl)c2)C1.Cl. The highest BCUT2D eigenvalue weighted by molar-refractivity contribution is 6.30. The number of benzene rings is 1. The van der Waals surface area contributed by atoms with Crippen molar-refractivity contribution in [2.24, 2.45) is 11.8 Å². The predicted octanol–water partition coefficient (Wildman–Crippen LogP) is 4.54. The molecule has 1 aliphatic heterocycles. The van der Waals surface area contributed by atoms with Gasteiger partial charge in [0.1, 0.15) is 5.69 Å². The van der Waals surface area contributed by atoms with Crippen LogP contribution in [0.3, 0.4) is 0 Å². The van der Waals surface area contributed by atoms with Crippen LogP contribution in [0.15, 0.2) is 48.7 Å². The number of nitrogens with zero attached hydrogens (tertiary/aromatic N) is 2. The molecule has 0 aliphatic carbocycles. The molecular formula is C20H24Cl2N2O. The summed E-state index contributed by atoms with van der Waals surface area (Å²) < 4.78 is 0. The molecule has 1 fully saturated rings. The van der Waals surface area contributed by atoms with Crippen LogP contribution in [0.1, 0.15) is 28.9 Å². The van der Waals surface area contributed by atoms with Gasteiger partial charge >= 0.3 is 0 Å². The molecule has 25 heavy (non-hydrogen) atoms. The van der Waals surface area contributed by atoms with Gasteiger partial charge in [0.05, 0.1) is 0 Å². The van der Waals surface area contributed by atoms with Crippen molar-refractivity contribution < 1.29 is 4.79 Å². The summed E-state index contributed by atoms with van der Waals surface area (Å²) in [6.07, 6.45) is 4.55. The van der Waals surface area contributed by atoms with E-state index in [1.807, 2.05) is 36.4 Å². The minimum Gasteiger partial charge on any atom is -0.306 e. The first kappa shape index (κ1) is 19.9. The van der Waals surface area contributed by atoms with E-state index in [0.29, 0.717) is 11.6 Å². The Hall–Kier alpha value is -1.42. The van der Waals surface area contributed by atoms with Gasteiger partial charge in [0.15, 0.2) is 5.78 Å². The largest absolute Gasteiger partial charge is 0.306 e. The second-order valence-electron chi connectivity index (χ2n) is 6.67. The van der Waals surface area contributed by atoms with Crippen molar-refractivity contribution in [1.29, 1.82) is 0 Å². The van der Waals surface area contributed by atoms with E-state index in [2.05, 4.69) is 23.0 Å². The topological polar surface area (TPSA) is 33.2 Å². The Bertz CT molecular complexity index is 693. The van der Waals surface area contributed by atoms with E-state index in [4.69, 9.17) is 11.6 Å². The van der Waals surface area contributed by atoms with E-state index in [0.717, 1.165) is 37.4 Å². The van der Waals surface area contributed by atoms with E-state index in [1.54, 1.807) is 6.20 Å². The Morgan fingerprint density at radius 2 is 2.12 bits per heavy atom. The van der Waals surface area contributed by atoms with Crippen LogP contribution in [0.25, 0.3) is 0 Å². The van der Waals surface area contributed by atoms with E-state index >= 15 is 0 Å². The average Bonchev–Trinajstić information content (AvgIpc) is 2.60. The molecule has 2 heterocycles. The van der Waals surface area contributed by atoms with Crippen LogP contribution in [-0.4, -0.2) is 35.8 Å². The standard InChI is InChI=1S/C20H23ClN2O.ClH/c1-23-12-10-18(20(24)19-7-2-3-11-22-19)16(14-23)9-8-15-5-4-6-17(21)13-15;/h2-7,11,13,16,18H,8-10,12,14H2,1H3;1H. The van der Waals surface area contributed by atoms with Crippen LogP contribution in [0, 0.1) is 11.8 Å². The number of hydrogen-bond acceptors (Lipinski definition) is 3. The molecule has 5 heteroatoms. The molecule has 0 saturated carbocycles. The second-order valence-corrected chi connectivity index (χ2v) is 7.10. The molecule has 1 aromatic heterocycles. The Labute approximate surface area is 160 Å². The fourth-order valence-corrected chi connectivity index (χ4v) is 3.81. The molecule has 1 aliphatic rings. The molecule has 134 valence electrons. The highest BCUT2D eigenvalue weighted by Crippen LogP contribution is 2.30. The summed E-state index contributed by atoms with van der Waals surface area (Å²) in [6, 6.07) is 13.6. The van der Waals surface area contributed by atoms with Gasteiger partial charge in [0, 0.05) is 23.7 Å². The van der Waals surface area contributed by atoms with Gasteiger partial charge in [-0.2, -0.15) is 0 Å². The Balaban J connectivity index is 0.00000225. The van der Waals surface area contributed by atoms with Gasteiger partial charge in [-0.05, 0) is 68.6 Å². The number of aryl methyl sites for hydroxylation is 1. The first-order valence-electron chi connectivity index (χ1n) is 8.51. The molecule has 0 bridgehead atoms. The predicted molar refractivity (Wildman–Crippen MR) is 105 cm³/mol. The van der Waals surface area contributed by atoms with Gasteiger partial charge < -0.3 is 4.90 Å². The average molecular weight is 379 g/mol. The van der Waals surface area contributed by atoms with Crippen LogP contribution in [0.2, 0.25) is 5.02 Å². The normalized spacial score (nSPS) is 20.7. The number of aromatic nitrogens is 1. The van der Waals surface area contributed by atoms with E-state index in [9.17, 15) is 4.79 Å². The van der Waals surface area contributed by atoms with Crippen molar-refractivity contribution in [3.8, 4) is 0 Å². The van der Waals surface area contributed by atoms with Crippen molar-refractivity contribution in [1.82, 2.24) is 9.88 Å². The third-order valence-corrected chi connectivity index (χ3v) is 5.12. The summed E-state index contributed by atoms with van der Waals surface area (Å²) in [5.41, 5.74) is 1.83. The van der Waals surface area contributed by atoms with Gasteiger partial charge in [0.2, 0.25) is 0 Å². The molecule has 2 atom stereocenters. The number of halogens is 2. The minimum atomic E-state index is 0. The fraction of sp³-hybridized carbons (Fsp3) is 0.400. The first-order valence-corrected chi connectivity index (χ1v) is 8.89. The smallest absolute Gasteiger partial charge is 0.184 e. The number of carbonyl (C=O) groups excluding carboxylic acids is 1. The molecule has 0 radical (unpaired) electrons. The Morgan fingerprint density at radius 1 is 1.28 bits per heavy atom. The number of piperidine rings is 1. The minimum absolute atomic E-state index is 0. The molecule has 0 spiro atoms. The van der Waals surface area contributed by atoms with Gasteiger partial charge in [-0.15, -0.1) is 12.4 Å². The van der Waals surface area contributed by atoms with Gasteiger partial charge in [-0.3, -0.25) is 9.78 Å². The van der Waals surface area contributed by atoms with Crippen molar-refractivity contribution in [2.45, 2.75) is 19.3 Å². The molecular weight excluding hydrogens is 355 g/mol. The zero-order valence-electron chi connectivity index (χ0n) is 14.4. The Morgan fingerprint density at radius 3 is 2.84 bits per heavy atom. The van der Waals surface area contributed by atoms with Crippen LogP contribution < -0.4 is 0 Å². The number of ketones is 1. The number of Topliss-reactive ketones (excluding diaryl/α,β-unsaturated/α-hetero) is 1.